The third kappa shape index (κ3) is 4.46. The minimum atomic E-state index is -0.171. The molecule has 4 aromatic rings. The van der Waals surface area contributed by atoms with Gasteiger partial charge in [0.15, 0.2) is 0 Å². The zero-order valence-electron chi connectivity index (χ0n) is 16.8. The number of nitrogens with zero attached hydrogens (tertiary/aromatic N) is 2. The number of nitrogens with one attached hydrogen (secondary N) is 1. The quantitative estimate of drug-likeness (QED) is 0.532. The van der Waals surface area contributed by atoms with Gasteiger partial charge in [0, 0.05) is 30.0 Å². The number of rotatable bonds is 6. The molecule has 0 saturated carbocycles. The number of aromatic nitrogens is 2. The maximum Gasteiger partial charge on any atom is 0.255 e. The minimum absolute atomic E-state index is 0.136. The predicted molar refractivity (Wildman–Crippen MR) is 118 cm³/mol. The van der Waals surface area contributed by atoms with Crippen LogP contribution in [0.1, 0.15) is 27.0 Å². The first-order valence-corrected chi connectivity index (χ1v) is 9.96. The van der Waals surface area contributed by atoms with E-state index < -0.39 is 0 Å². The molecule has 0 spiro atoms. The number of fused-ring (bicyclic) bond motifs is 1. The van der Waals surface area contributed by atoms with Crippen LogP contribution in [-0.4, -0.2) is 27.3 Å². The van der Waals surface area contributed by atoms with Crippen molar-refractivity contribution in [3.05, 3.63) is 112 Å². The fourth-order valence-electron chi connectivity index (χ4n) is 3.53. The second kappa shape index (κ2) is 8.74. The van der Waals surface area contributed by atoms with Crippen LogP contribution < -0.4 is 5.56 Å². The lowest BCUT2D eigenvalue weighted by atomic mass is 10.1. The highest BCUT2D eigenvalue weighted by Crippen LogP contribution is 2.15. The molecule has 2 aromatic carbocycles. The van der Waals surface area contributed by atoms with Crippen molar-refractivity contribution in [1.82, 2.24) is 14.9 Å². The van der Waals surface area contributed by atoms with E-state index in [2.05, 4.69) is 9.97 Å². The molecule has 1 amide bonds. The van der Waals surface area contributed by atoms with Crippen molar-refractivity contribution in [2.75, 3.05) is 6.54 Å². The number of carbonyl (C=O) groups is 1. The normalized spacial score (nSPS) is 10.8. The second-order valence-electron chi connectivity index (χ2n) is 7.42. The number of hydrogen-bond acceptors (Lipinski definition) is 3. The van der Waals surface area contributed by atoms with Crippen molar-refractivity contribution >= 4 is 16.8 Å². The van der Waals surface area contributed by atoms with E-state index >= 15 is 0 Å². The first-order valence-electron chi connectivity index (χ1n) is 9.96. The van der Waals surface area contributed by atoms with Gasteiger partial charge in [0.05, 0.1) is 12.1 Å². The summed E-state index contributed by atoms with van der Waals surface area (Å²) in [5.74, 6) is -0.136. The molecular weight excluding hydrogens is 374 g/mol. The van der Waals surface area contributed by atoms with Crippen LogP contribution in [0.4, 0.5) is 0 Å². The Hall–Kier alpha value is -3.73. The highest BCUT2D eigenvalue weighted by Gasteiger charge is 2.18. The first kappa shape index (κ1) is 19.6. The van der Waals surface area contributed by atoms with Gasteiger partial charge in [-0.1, -0.05) is 42.0 Å². The van der Waals surface area contributed by atoms with E-state index in [1.54, 1.807) is 29.4 Å². The fourth-order valence-corrected chi connectivity index (χ4v) is 3.53. The van der Waals surface area contributed by atoms with Crippen LogP contribution in [-0.2, 0) is 13.0 Å². The third-order valence-electron chi connectivity index (χ3n) is 5.15. The molecule has 0 aliphatic heterocycles. The lowest BCUT2D eigenvalue weighted by Gasteiger charge is -2.23. The Labute approximate surface area is 175 Å². The molecule has 2 aromatic heterocycles. The molecule has 5 heteroatoms. The molecule has 5 nitrogen and oxygen atoms in total. The standard InChI is InChI=1S/C25H23N3O2/c1-18-9-10-23-21(14-18)15-22(24(29)27-23)17-28(13-11-19-6-3-2-4-7-19)25(30)20-8-5-12-26-16-20/h2-10,12,14-16H,11,13,17H2,1H3,(H,27,29). The summed E-state index contributed by atoms with van der Waals surface area (Å²) in [6.45, 7) is 2.76. The van der Waals surface area contributed by atoms with E-state index in [4.69, 9.17) is 0 Å². The number of amides is 1. The van der Waals surface area contributed by atoms with Crippen LogP contribution in [0.5, 0.6) is 0 Å². The van der Waals surface area contributed by atoms with E-state index in [0.717, 1.165) is 22.0 Å². The molecule has 150 valence electrons. The monoisotopic (exact) mass is 397 g/mol. The third-order valence-corrected chi connectivity index (χ3v) is 5.15. The topological polar surface area (TPSA) is 66.1 Å². The van der Waals surface area contributed by atoms with Crippen molar-refractivity contribution in [3.8, 4) is 0 Å². The number of hydrogen-bond donors (Lipinski definition) is 1. The van der Waals surface area contributed by atoms with Crippen LogP contribution in [0.25, 0.3) is 10.9 Å². The van der Waals surface area contributed by atoms with Crippen molar-refractivity contribution in [2.45, 2.75) is 19.9 Å². The van der Waals surface area contributed by atoms with Gasteiger partial charge in [-0.2, -0.15) is 0 Å². The maximum absolute atomic E-state index is 13.2. The zero-order chi connectivity index (χ0) is 20.9. The van der Waals surface area contributed by atoms with Crippen molar-refractivity contribution in [2.24, 2.45) is 0 Å². The van der Waals surface area contributed by atoms with Gasteiger partial charge in [-0.05, 0) is 54.6 Å². The molecule has 0 atom stereocenters. The summed E-state index contributed by atoms with van der Waals surface area (Å²) in [7, 11) is 0. The maximum atomic E-state index is 13.2. The van der Waals surface area contributed by atoms with E-state index in [1.807, 2.05) is 61.5 Å². The van der Waals surface area contributed by atoms with Crippen molar-refractivity contribution in [1.29, 1.82) is 0 Å². The number of aryl methyl sites for hydroxylation is 1. The molecule has 30 heavy (non-hydrogen) atoms. The van der Waals surface area contributed by atoms with E-state index in [9.17, 15) is 9.59 Å². The summed E-state index contributed by atoms with van der Waals surface area (Å²) in [5.41, 5.74) is 3.97. The van der Waals surface area contributed by atoms with Gasteiger partial charge >= 0.3 is 0 Å². The minimum Gasteiger partial charge on any atom is -0.334 e. The molecule has 4 rings (SSSR count). The Morgan fingerprint density at radius 1 is 1.03 bits per heavy atom. The van der Waals surface area contributed by atoms with Crippen molar-refractivity contribution in [3.63, 3.8) is 0 Å². The van der Waals surface area contributed by atoms with Gasteiger partial charge in [0.1, 0.15) is 0 Å². The highest BCUT2D eigenvalue weighted by atomic mass is 16.2. The van der Waals surface area contributed by atoms with Gasteiger partial charge in [0.25, 0.3) is 11.5 Å². The summed E-state index contributed by atoms with van der Waals surface area (Å²) in [4.78, 5) is 34.6. The van der Waals surface area contributed by atoms with E-state index in [0.29, 0.717) is 24.1 Å². The first-order chi connectivity index (χ1) is 14.6. The lowest BCUT2D eigenvalue weighted by molar-refractivity contribution is 0.0744. The average Bonchev–Trinajstić information content (AvgIpc) is 2.78. The number of benzene rings is 2. The number of aromatic amines is 1. The largest absolute Gasteiger partial charge is 0.334 e. The number of pyridine rings is 2. The molecule has 0 radical (unpaired) electrons. The summed E-state index contributed by atoms with van der Waals surface area (Å²) < 4.78 is 0. The van der Waals surface area contributed by atoms with Crippen LogP contribution in [0.3, 0.4) is 0 Å². The van der Waals surface area contributed by atoms with Gasteiger partial charge in [-0.3, -0.25) is 14.6 Å². The Balaban J connectivity index is 1.65. The van der Waals surface area contributed by atoms with Crippen LogP contribution >= 0.6 is 0 Å². The fraction of sp³-hybridized carbons (Fsp3) is 0.160. The Morgan fingerprint density at radius 2 is 1.87 bits per heavy atom. The Morgan fingerprint density at radius 3 is 2.63 bits per heavy atom. The highest BCUT2D eigenvalue weighted by molar-refractivity contribution is 5.94. The van der Waals surface area contributed by atoms with Crippen LogP contribution in [0.2, 0.25) is 0 Å². The molecule has 0 saturated heterocycles. The second-order valence-corrected chi connectivity index (χ2v) is 7.42. The summed E-state index contributed by atoms with van der Waals surface area (Å²) >= 11 is 0. The lowest BCUT2D eigenvalue weighted by Crippen LogP contribution is -2.34. The zero-order valence-corrected chi connectivity index (χ0v) is 16.8. The van der Waals surface area contributed by atoms with Gasteiger partial charge in [0.2, 0.25) is 0 Å². The van der Waals surface area contributed by atoms with E-state index in [1.165, 1.54) is 0 Å². The molecule has 0 fully saturated rings. The Bertz CT molecular complexity index is 1220. The molecule has 2 heterocycles. The van der Waals surface area contributed by atoms with E-state index in [-0.39, 0.29) is 18.0 Å². The molecular formula is C25H23N3O2. The summed E-state index contributed by atoms with van der Waals surface area (Å²) in [5, 5.41) is 0.960. The van der Waals surface area contributed by atoms with Crippen molar-refractivity contribution < 1.29 is 4.79 Å². The smallest absolute Gasteiger partial charge is 0.255 e. The van der Waals surface area contributed by atoms with Gasteiger partial charge < -0.3 is 9.88 Å². The van der Waals surface area contributed by atoms with Crippen LogP contribution in [0.15, 0.2) is 83.9 Å². The van der Waals surface area contributed by atoms with Crippen LogP contribution in [0, 0.1) is 6.92 Å². The SMILES string of the molecule is Cc1ccc2[nH]c(=O)c(CN(CCc3ccccc3)C(=O)c3cccnc3)cc2c1. The molecule has 0 bridgehead atoms. The molecule has 0 aliphatic carbocycles. The predicted octanol–water partition coefficient (Wildman–Crippen LogP) is 4.12. The van der Waals surface area contributed by atoms with Gasteiger partial charge in [-0.15, -0.1) is 0 Å². The molecule has 1 N–H and O–H groups in total. The summed E-state index contributed by atoms with van der Waals surface area (Å²) in [6.07, 6.45) is 3.91. The number of H-pyrrole nitrogens is 1. The van der Waals surface area contributed by atoms with Gasteiger partial charge in [-0.25, -0.2) is 0 Å². The molecule has 0 unspecified atom stereocenters. The summed E-state index contributed by atoms with van der Waals surface area (Å²) in [6, 6.07) is 21.3. The average molecular weight is 397 g/mol. The number of carbonyl (C=O) groups excluding carboxylic acids is 1. The Kier molecular flexibility index (Phi) is 5.70. The molecule has 0 aliphatic rings.